The molecule has 2 amide bonds. The summed E-state index contributed by atoms with van der Waals surface area (Å²) in [6, 6.07) is 19.5. The van der Waals surface area contributed by atoms with Gasteiger partial charge >= 0.3 is 12.1 Å². The fourth-order valence-electron chi connectivity index (χ4n) is 5.85. The van der Waals surface area contributed by atoms with Gasteiger partial charge in [-0.1, -0.05) is 81.4 Å². The third-order valence-corrected chi connectivity index (χ3v) is 12.4. The second-order valence-corrected chi connectivity index (χ2v) is 18.9. The van der Waals surface area contributed by atoms with Crippen molar-refractivity contribution in [2.24, 2.45) is 11.7 Å². The Kier molecular flexibility index (Phi) is 13.0. The van der Waals surface area contributed by atoms with Crippen molar-refractivity contribution in [3.8, 4) is 0 Å². The summed E-state index contributed by atoms with van der Waals surface area (Å²) in [6.07, 6.45) is 0.0735. The Hall–Kier alpha value is -3.21. The molecule has 45 heavy (non-hydrogen) atoms. The Morgan fingerprint density at radius 2 is 1.29 bits per heavy atom. The highest BCUT2D eigenvalue weighted by atomic mass is 28.4. The Bertz CT molecular complexity index is 1210. The van der Waals surface area contributed by atoms with Crippen LogP contribution in [0.5, 0.6) is 0 Å². The highest BCUT2D eigenvalue weighted by molar-refractivity contribution is 6.99. The topological polar surface area (TPSA) is 128 Å². The molecule has 1 aliphatic rings. The monoisotopic (exact) mass is 642 g/mol. The van der Waals surface area contributed by atoms with Gasteiger partial charge in [-0.15, -0.1) is 0 Å². The van der Waals surface area contributed by atoms with Crippen molar-refractivity contribution in [3.05, 3.63) is 60.7 Å². The molecule has 3 N–H and O–H groups in total. The maximum atomic E-state index is 13.6. The van der Waals surface area contributed by atoms with E-state index >= 15 is 0 Å². The molecule has 1 saturated heterocycles. The number of carbonyl (C=O) groups is 3. The predicted molar refractivity (Wildman–Crippen MR) is 180 cm³/mol. The third kappa shape index (κ3) is 10.4. The molecule has 1 fully saturated rings. The van der Waals surface area contributed by atoms with Crippen molar-refractivity contribution >= 4 is 36.7 Å². The highest BCUT2D eigenvalue weighted by Crippen LogP contribution is 2.40. The van der Waals surface area contributed by atoms with Crippen molar-refractivity contribution in [2.45, 2.75) is 110 Å². The van der Waals surface area contributed by atoms with Crippen LogP contribution in [0.25, 0.3) is 0 Å². The third-order valence-electron chi connectivity index (χ3n) is 7.40. The summed E-state index contributed by atoms with van der Waals surface area (Å²) in [5.74, 6) is -1.02. The van der Waals surface area contributed by atoms with Crippen LogP contribution in [-0.2, 0) is 23.5 Å². The summed E-state index contributed by atoms with van der Waals surface area (Å²) >= 11 is 0. The van der Waals surface area contributed by atoms with Gasteiger partial charge in [-0.3, -0.25) is 9.69 Å². The van der Waals surface area contributed by atoms with E-state index in [1.54, 1.807) is 20.8 Å². The molecular formula is C35H54N2O7Si. The van der Waals surface area contributed by atoms with Crippen LogP contribution >= 0.6 is 0 Å². The number of ether oxygens (including phenoxy) is 2. The molecule has 2 aromatic carbocycles. The Balaban J connectivity index is 0.00000166. The molecule has 9 nitrogen and oxygen atoms in total. The van der Waals surface area contributed by atoms with E-state index in [-0.39, 0.29) is 23.5 Å². The molecule has 0 radical (unpaired) electrons. The fraction of sp³-hybridized carbons (Fsp3) is 0.571. The lowest BCUT2D eigenvalue weighted by molar-refractivity contribution is -0.160. The predicted octanol–water partition coefficient (Wildman–Crippen LogP) is 4.77. The number of nitrogens with two attached hydrogens (primary N) is 1. The normalized spacial score (nSPS) is 18.9. The van der Waals surface area contributed by atoms with Crippen LogP contribution in [0, 0.1) is 5.92 Å². The summed E-state index contributed by atoms with van der Waals surface area (Å²) < 4.78 is 18.7. The number of hydrogen-bond donors (Lipinski definition) is 2. The summed E-state index contributed by atoms with van der Waals surface area (Å²) in [5, 5.41) is 12.2. The number of aliphatic hydroxyl groups is 1. The number of hydrogen-bond acceptors (Lipinski definition) is 7. The molecule has 3 rings (SSSR count). The van der Waals surface area contributed by atoms with Crippen LogP contribution in [0.15, 0.2) is 60.7 Å². The second kappa shape index (κ2) is 15.4. The molecule has 1 aliphatic heterocycles. The first-order valence-electron chi connectivity index (χ1n) is 15.6. The van der Waals surface area contributed by atoms with E-state index in [0.717, 1.165) is 10.4 Å². The second-order valence-electron chi connectivity index (χ2n) is 14.6. The standard InChI is InChI=1S/C33H49NO6Si.C2H5NO/c1-31(2,3)39-29(36)28-22-24(27(20-21-35)34(28)30(37)40-32(4,5)6)23-38-41(33(7,8)9,25-16-12-10-13-17-25)26-18-14-11-15-19-26;1-2(3)4/h10-19,24,27-28,35H,20-23H2,1-9H3;1H3,(H2,3,4)/t24-,27+,28+;/m0./s1. The van der Waals surface area contributed by atoms with Crippen LogP contribution in [0.1, 0.15) is 82.1 Å². The number of primary amides is 1. The van der Waals surface area contributed by atoms with E-state index in [9.17, 15) is 19.5 Å². The zero-order valence-electron chi connectivity index (χ0n) is 28.8. The number of rotatable bonds is 8. The molecule has 0 aliphatic carbocycles. The summed E-state index contributed by atoms with van der Waals surface area (Å²) in [6.45, 7) is 19.0. The zero-order chi connectivity index (χ0) is 34.2. The van der Waals surface area contributed by atoms with Gasteiger partial charge in [0.1, 0.15) is 17.2 Å². The average molecular weight is 643 g/mol. The summed E-state index contributed by atoms with van der Waals surface area (Å²) in [4.78, 5) is 37.7. The molecule has 0 saturated carbocycles. The van der Waals surface area contributed by atoms with Gasteiger partial charge in [0.15, 0.2) is 0 Å². The van der Waals surface area contributed by atoms with Crippen LogP contribution in [0.4, 0.5) is 4.79 Å². The molecule has 10 heteroatoms. The zero-order valence-corrected chi connectivity index (χ0v) is 29.8. The number of benzene rings is 2. The molecule has 0 unspecified atom stereocenters. The van der Waals surface area contributed by atoms with Gasteiger partial charge in [0.25, 0.3) is 8.32 Å². The molecule has 250 valence electrons. The first-order valence-corrected chi connectivity index (χ1v) is 17.5. The van der Waals surface area contributed by atoms with E-state index in [4.69, 9.17) is 13.9 Å². The lowest BCUT2D eigenvalue weighted by atomic mass is 9.98. The highest BCUT2D eigenvalue weighted by Gasteiger charge is 2.53. The number of aliphatic hydroxyl groups excluding tert-OH is 1. The maximum Gasteiger partial charge on any atom is 0.411 e. The van der Waals surface area contributed by atoms with Crippen molar-refractivity contribution in [1.29, 1.82) is 0 Å². The molecular weight excluding hydrogens is 588 g/mol. The number of esters is 1. The van der Waals surface area contributed by atoms with E-state index < -0.39 is 43.7 Å². The van der Waals surface area contributed by atoms with E-state index in [0.29, 0.717) is 19.4 Å². The summed E-state index contributed by atoms with van der Waals surface area (Å²) in [7, 11) is -2.86. The Morgan fingerprint density at radius 1 is 0.844 bits per heavy atom. The molecule has 2 aromatic rings. The number of carbonyl (C=O) groups excluding carboxylic acids is 3. The summed E-state index contributed by atoms with van der Waals surface area (Å²) in [5.41, 5.74) is 3.01. The Morgan fingerprint density at radius 3 is 1.67 bits per heavy atom. The molecule has 3 atom stereocenters. The van der Waals surface area contributed by atoms with E-state index in [1.165, 1.54) is 11.8 Å². The number of amides is 2. The minimum Gasteiger partial charge on any atom is -0.458 e. The molecule has 1 heterocycles. The van der Waals surface area contributed by atoms with Gasteiger partial charge in [-0.25, -0.2) is 9.59 Å². The molecule has 0 bridgehead atoms. The van der Waals surface area contributed by atoms with Crippen LogP contribution in [-0.4, -0.2) is 72.8 Å². The quantitative estimate of drug-likeness (QED) is 0.314. The molecule has 0 spiro atoms. The lowest BCUT2D eigenvalue weighted by Crippen LogP contribution is -2.67. The van der Waals surface area contributed by atoms with E-state index in [1.807, 2.05) is 57.2 Å². The fourth-order valence-corrected chi connectivity index (χ4v) is 10.5. The smallest absolute Gasteiger partial charge is 0.411 e. The van der Waals surface area contributed by atoms with Crippen molar-refractivity contribution in [2.75, 3.05) is 13.2 Å². The van der Waals surface area contributed by atoms with Gasteiger partial charge in [-0.05, 0) is 69.8 Å². The first kappa shape index (κ1) is 38.0. The van der Waals surface area contributed by atoms with Gasteiger partial charge < -0.3 is 24.7 Å². The number of likely N-dealkylation sites (tertiary alicyclic amines) is 1. The van der Waals surface area contributed by atoms with Crippen LogP contribution in [0.3, 0.4) is 0 Å². The minimum absolute atomic E-state index is 0.138. The van der Waals surface area contributed by atoms with Gasteiger partial charge in [0.2, 0.25) is 5.91 Å². The van der Waals surface area contributed by atoms with E-state index in [2.05, 4.69) is 50.8 Å². The minimum atomic E-state index is -2.86. The van der Waals surface area contributed by atoms with Gasteiger partial charge in [0, 0.05) is 32.1 Å². The maximum absolute atomic E-state index is 13.6. The van der Waals surface area contributed by atoms with Gasteiger partial charge in [-0.2, -0.15) is 0 Å². The Labute approximate surface area is 270 Å². The largest absolute Gasteiger partial charge is 0.458 e. The first-order chi connectivity index (χ1) is 20.7. The SMILES string of the molecule is CC(C)(C)OC(=O)[C@H]1C[C@@H](CO[Si](c2ccccc2)(c2ccccc2)C(C)(C)C)[C@@H](CCO)N1C(=O)OC(C)(C)C.CC(N)=O. The van der Waals surface area contributed by atoms with Crippen molar-refractivity contribution in [3.63, 3.8) is 0 Å². The number of nitrogens with zero attached hydrogens (tertiary/aromatic N) is 1. The van der Waals surface area contributed by atoms with Crippen molar-refractivity contribution < 1.29 is 33.4 Å². The van der Waals surface area contributed by atoms with Crippen molar-refractivity contribution in [1.82, 2.24) is 4.90 Å². The van der Waals surface area contributed by atoms with Crippen LogP contribution < -0.4 is 16.1 Å². The van der Waals surface area contributed by atoms with Crippen LogP contribution in [0.2, 0.25) is 5.04 Å². The van der Waals surface area contributed by atoms with Gasteiger partial charge in [0.05, 0.1) is 0 Å². The molecule has 0 aromatic heterocycles. The lowest BCUT2D eigenvalue weighted by Gasteiger charge is -2.44. The average Bonchev–Trinajstić information content (AvgIpc) is 3.26.